The maximum absolute atomic E-state index is 12.1. The summed E-state index contributed by atoms with van der Waals surface area (Å²) in [6.45, 7) is 5.12. The Bertz CT molecular complexity index is 790. The van der Waals surface area contributed by atoms with Gasteiger partial charge in [-0.15, -0.1) is 0 Å². The van der Waals surface area contributed by atoms with Crippen molar-refractivity contribution in [3.05, 3.63) is 62.9 Å². The topological polar surface area (TPSA) is 56.3 Å². The van der Waals surface area contributed by atoms with E-state index in [1.54, 1.807) is 6.92 Å². The largest absolute Gasteiger partial charge is 0.464 e. The number of pyridine rings is 1. The summed E-state index contributed by atoms with van der Waals surface area (Å²) in [7, 11) is 1.29. The number of hydrogen-bond acceptors (Lipinski definition) is 4. The van der Waals surface area contributed by atoms with Crippen molar-refractivity contribution < 1.29 is 47.0 Å². The van der Waals surface area contributed by atoms with Crippen LogP contribution in [0.2, 0.25) is 5.02 Å². The minimum Gasteiger partial charge on any atom is -0.464 e. The second-order valence-electron chi connectivity index (χ2n) is 5.30. The Labute approximate surface area is 171 Å². The first-order chi connectivity index (χ1) is 10.9. The number of aromatic nitrogens is 1. The number of methoxy groups -OCH3 is 1. The summed E-state index contributed by atoms with van der Waals surface area (Å²) in [5.74, 6) is -0.872. The van der Waals surface area contributed by atoms with Crippen molar-refractivity contribution in [3.63, 3.8) is 0 Å². The minimum absolute atomic E-state index is 0. The van der Waals surface area contributed by atoms with Gasteiger partial charge in [-0.05, 0) is 24.5 Å². The van der Waals surface area contributed by atoms with Gasteiger partial charge in [0, 0.05) is 39.6 Å². The molecule has 0 fully saturated rings. The zero-order chi connectivity index (χ0) is 17.1. The van der Waals surface area contributed by atoms with Crippen LogP contribution in [0.1, 0.15) is 50.2 Å². The summed E-state index contributed by atoms with van der Waals surface area (Å²) < 4.78 is 4.81. The Morgan fingerprint density at radius 3 is 2.50 bits per heavy atom. The predicted octanol–water partition coefficient (Wildman–Crippen LogP) is 3.73. The number of ether oxygens (including phenoxy) is 1. The van der Waals surface area contributed by atoms with Gasteiger partial charge in [-0.25, -0.2) is 9.78 Å². The molecule has 24 heavy (non-hydrogen) atoms. The number of nitrogens with zero attached hydrogens (tertiary/aromatic N) is 1. The van der Waals surface area contributed by atoms with E-state index < -0.39 is 5.97 Å². The number of Topliss-reactive ketones (excluding diaryl/α,β-unsaturated/α-hetero) is 1. The molecule has 0 aliphatic heterocycles. The first kappa shape index (κ1) is 20.9. The molecule has 1 heterocycles. The maximum Gasteiger partial charge on any atom is 0.356 e. The van der Waals surface area contributed by atoms with Crippen LogP contribution in [0.4, 0.5) is 0 Å². The predicted molar refractivity (Wildman–Crippen MR) is 88.1 cm³/mol. The van der Waals surface area contributed by atoms with Crippen LogP contribution in [0.25, 0.3) is 0 Å². The third-order valence-corrected chi connectivity index (χ3v) is 4.23. The van der Waals surface area contributed by atoms with Crippen molar-refractivity contribution in [2.45, 2.75) is 27.2 Å². The molecule has 0 bridgehead atoms. The Balaban J connectivity index is 0.00000288. The van der Waals surface area contributed by atoms with E-state index in [9.17, 15) is 9.59 Å². The molecule has 0 saturated heterocycles. The van der Waals surface area contributed by atoms with E-state index in [1.165, 1.54) is 14.0 Å². The smallest absolute Gasteiger partial charge is 0.356 e. The van der Waals surface area contributed by atoms with Crippen molar-refractivity contribution in [3.8, 4) is 0 Å². The van der Waals surface area contributed by atoms with Crippen LogP contribution >= 0.6 is 11.6 Å². The Morgan fingerprint density at radius 1 is 1.29 bits per heavy atom. The van der Waals surface area contributed by atoms with E-state index in [2.05, 4.69) is 11.1 Å². The second kappa shape index (κ2) is 8.84. The Kier molecular flexibility index (Phi) is 7.72. The van der Waals surface area contributed by atoms with Crippen LogP contribution in [0.5, 0.6) is 0 Å². The SMILES string of the molecule is COC(=O)c1nc(C(C)=O)c(Cl)c(C)c1Cc1cc[c-]cc1C.[Y]. The van der Waals surface area contributed by atoms with Crippen LogP contribution < -0.4 is 0 Å². The van der Waals surface area contributed by atoms with Crippen LogP contribution in [-0.2, 0) is 43.9 Å². The number of halogens is 1. The van der Waals surface area contributed by atoms with Crippen LogP contribution in [0, 0.1) is 19.9 Å². The molecule has 0 saturated carbocycles. The number of esters is 1. The maximum atomic E-state index is 12.1. The number of carbonyl (C=O) groups is 2. The van der Waals surface area contributed by atoms with Gasteiger partial charge in [0.1, 0.15) is 5.69 Å². The second-order valence-corrected chi connectivity index (χ2v) is 5.68. The van der Waals surface area contributed by atoms with E-state index in [1.807, 2.05) is 25.1 Å². The fourth-order valence-electron chi connectivity index (χ4n) is 2.37. The zero-order valence-corrected chi connectivity index (χ0v) is 17.7. The van der Waals surface area contributed by atoms with Gasteiger partial charge in [0.2, 0.25) is 0 Å². The number of benzene rings is 1. The molecule has 1 aromatic carbocycles. The molecule has 123 valence electrons. The molecule has 0 aliphatic carbocycles. The summed E-state index contributed by atoms with van der Waals surface area (Å²) in [4.78, 5) is 28.0. The molecule has 0 aliphatic rings. The average Bonchev–Trinajstić information content (AvgIpc) is 2.52. The van der Waals surface area contributed by atoms with Crippen molar-refractivity contribution in [1.82, 2.24) is 4.98 Å². The Morgan fingerprint density at radius 2 is 1.96 bits per heavy atom. The van der Waals surface area contributed by atoms with Crippen molar-refractivity contribution in [1.29, 1.82) is 0 Å². The van der Waals surface area contributed by atoms with Crippen molar-refractivity contribution >= 4 is 23.4 Å². The van der Waals surface area contributed by atoms with Gasteiger partial charge in [0.15, 0.2) is 11.5 Å². The summed E-state index contributed by atoms with van der Waals surface area (Å²) in [6, 6.07) is 8.63. The molecule has 2 aromatic rings. The standard InChI is InChI=1S/C18H17ClNO3.Y/c1-10-7-5-6-8-13(10)9-14-11(2)15(19)16(12(3)21)20-17(14)18(22)23-4;/h6-8H,9H2,1-4H3;/q-1;. The average molecular weight is 420 g/mol. The third-order valence-electron chi connectivity index (χ3n) is 3.77. The molecule has 0 amide bonds. The van der Waals surface area contributed by atoms with Gasteiger partial charge in [-0.3, -0.25) is 4.79 Å². The Hall–Kier alpha value is -1.10. The summed E-state index contributed by atoms with van der Waals surface area (Å²) in [5.41, 5.74) is 3.64. The first-order valence-electron chi connectivity index (χ1n) is 7.10. The van der Waals surface area contributed by atoms with Gasteiger partial charge in [-0.1, -0.05) is 18.5 Å². The number of aryl methyl sites for hydroxylation is 1. The van der Waals surface area contributed by atoms with Crippen LogP contribution in [-0.4, -0.2) is 23.8 Å². The molecule has 1 radical (unpaired) electrons. The molecule has 0 N–H and O–H groups in total. The molecule has 2 rings (SSSR count). The first-order valence-corrected chi connectivity index (χ1v) is 7.48. The van der Waals surface area contributed by atoms with Gasteiger partial charge in [0.25, 0.3) is 0 Å². The number of hydrogen-bond donors (Lipinski definition) is 0. The normalized spacial score (nSPS) is 10.0. The third kappa shape index (κ3) is 4.30. The molecule has 0 unspecified atom stereocenters. The van der Waals surface area contributed by atoms with E-state index in [4.69, 9.17) is 16.3 Å². The fraction of sp³-hybridized carbons (Fsp3) is 0.278. The van der Waals surface area contributed by atoms with E-state index in [0.717, 1.165) is 11.1 Å². The van der Waals surface area contributed by atoms with Gasteiger partial charge in [0.05, 0.1) is 12.1 Å². The van der Waals surface area contributed by atoms with Crippen molar-refractivity contribution in [2.75, 3.05) is 7.11 Å². The molecule has 4 nitrogen and oxygen atoms in total. The molecule has 0 spiro atoms. The van der Waals surface area contributed by atoms with Gasteiger partial charge in [-0.2, -0.15) is 35.4 Å². The van der Waals surface area contributed by atoms with E-state index in [-0.39, 0.29) is 54.9 Å². The van der Waals surface area contributed by atoms with Crippen molar-refractivity contribution in [2.24, 2.45) is 0 Å². The molecule has 0 atom stereocenters. The van der Waals surface area contributed by atoms with Crippen LogP contribution in [0.15, 0.2) is 18.2 Å². The number of carbonyl (C=O) groups excluding carboxylic acids is 2. The summed E-state index contributed by atoms with van der Waals surface area (Å²) in [6.07, 6.45) is 0.474. The van der Waals surface area contributed by atoms with Gasteiger partial charge >= 0.3 is 5.97 Å². The minimum atomic E-state index is -0.581. The van der Waals surface area contributed by atoms with E-state index >= 15 is 0 Å². The zero-order valence-electron chi connectivity index (χ0n) is 14.1. The molecular weight excluding hydrogens is 403 g/mol. The molecule has 6 heteroatoms. The summed E-state index contributed by atoms with van der Waals surface area (Å²) in [5, 5.41) is 0.278. The fourth-order valence-corrected chi connectivity index (χ4v) is 2.66. The van der Waals surface area contributed by atoms with E-state index in [0.29, 0.717) is 17.5 Å². The van der Waals surface area contributed by atoms with Crippen LogP contribution in [0.3, 0.4) is 0 Å². The van der Waals surface area contributed by atoms with Gasteiger partial charge < -0.3 is 4.74 Å². The number of ketones is 1. The molecule has 1 aromatic heterocycles. The molecular formula is C18H17ClNO3Y-. The number of rotatable bonds is 4. The quantitative estimate of drug-likeness (QED) is 0.430. The summed E-state index contributed by atoms with van der Waals surface area (Å²) >= 11 is 6.28. The monoisotopic (exact) mass is 419 g/mol.